The number of esters is 1. The molecule has 0 aliphatic rings. The molecule has 0 radical (unpaired) electrons. The quantitative estimate of drug-likeness (QED) is 0.691. The highest BCUT2D eigenvalue weighted by atomic mass is 16.5. The van der Waals surface area contributed by atoms with E-state index in [1.54, 1.807) is 12.1 Å². The van der Waals surface area contributed by atoms with E-state index >= 15 is 0 Å². The smallest absolute Gasteiger partial charge is 0.374 e. The number of hydrogen-bond acceptors (Lipinski definition) is 4. The minimum absolute atomic E-state index is 0.0834. The number of rotatable bonds is 3. The van der Waals surface area contributed by atoms with Crippen LogP contribution in [0.15, 0.2) is 57.7 Å². The van der Waals surface area contributed by atoms with Gasteiger partial charge in [0.25, 0.3) is 0 Å². The van der Waals surface area contributed by atoms with Gasteiger partial charge in [0.05, 0.1) is 5.39 Å². The average Bonchev–Trinajstić information content (AvgIpc) is 2.54. The van der Waals surface area contributed by atoms with Crippen molar-refractivity contribution in [1.82, 2.24) is 0 Å². The summed E-state index contributed by atoms with van der Waals surface area (Å²) in [5.41, 5.74) is 3.04. The summed E-state index contributed by atoms with van der Waals surface area (Å²) in [6.07, 6.45) is 0. The van der Waals surface area contributed by atoms with Crippen LogP contribution in [0.5, 0.6) is 0 Å². The molecule has 4 nitrogen and oxygen atoms in total. The Morgan fingerprint density at radius 2 is 1.87 bits per heavy atom. The third-order valence-electron chi connectivity index (χ3n) is 3.70. The van der Waals surface area contributed by atoms with Gasteiger partial charge >= 0.3 is 5.97 Å². The predicted molar refractivity (Wildman–Crippen MR) is 87.5 cm³/mol. The molecule has 4 heteroatoms. The summed E-state index contributed by atoms with van der Waals surface area (Å²) in [4.78, 5) is 24.3. The van der Waals surface area contributed by atoms with Gasteiger partial charge in [-0.15, -0.1) is 0 Å². The number of benzene rings is 2. The minimum atomic E-state index is -0.646. The average molecular weight is 308 g/mol. The highest BCUT2D eigenvalue weighted by Crippen LogP contribution is 2.16. The van der Waals surface area contributed by atoms with Crippen LogP contribution in [0.4, 0.5) is 0 Å². The monoisotopic (exact) mass is 308 g/mol. The molecular formula is C19H16O4. The molecule has 0 spiro atoms. The van der Waals surface area contributed by atoms with Crippen molar-refractivity contribution in [3.05, 3.63) is 81.2 Å². The van der Waals surface area contributed by atoms with Gasteiger partial charge in [0, 0.05) is 6.07 Å². The van der Waals surface area contributed by atoms with Crippen molar-refractivity contribution in [3.63, 3.8) is 0 Å². The maximum Gasteiger partial charge on any atom is 0.374 e. The number of carbonyl (C=O) groups excluding carboxylic acids is 1. The van der Waals surface area contributed by atoms with Crippen LogP contribution in [-0.4, -0.2) is 5.97 Å². The van der Waals surface area contributed by atoms with Crippen LogP contribution in [0, 0.1) is 13.8 Å². The number of aryl methyl sites for hydroxylation is 2. The highest BCUT2D eigenvalue weighted by Gasteiger charge is 2.14. The maximum atomic E-state index is 12.1. The van der Waals surface area contributed by atoms with Crippen molar-refractivity contribution < 1.29 is 13.9 Å². The molecule has 3 rings (SSSR count). The number of ether oxygens (including phenoxy) is 1. The lowest BCUT2D eigenvalue weighted by Gasteiger charge is -2.07. The largest absolute Gasteiger partial charge is 0.455 e. The Balaban J connectivity index is 1.85. The van der Waals surface area contributed by atoms with Crippen molar-refractivity contribution in [2.24, 2.45) is 0 Å². The molecule has 0 atom stereocenters. The maximum absolute atomic E-state index is 12.1. The van der Waals surface area contributed by atoms with Crippen LogP contribution in [0.2, 0.25) is 0 Å². The molecular weight excluding hydrogens is 292 g/mol. The Hall–Kier alpha value is -2.88. The fourth-order valence-corrected chi connectivity index (χ4v) is 2.36. The lowest BCUT2D eigenvalue weighted by molar-refractivity contribution is 0.0436. The van der Waals surface area contributed by atoms with Crippen molar-refractivity contribution >= 4 is 16.9 Å². The Kier molecular flexibility index (Phi) is 3.98. The normalized spacial score (nSPS) is 10.7. The number of carbonyl (C=O) groups is 1. The van der Waals surface area contributed by atoms with Gasteiger partial charge in [0.2, 0.25) is 5.76 Å². The fraction of sp³-hybridized carbons (Fsp3) is 0.158. The molecule has 1 heterocycles. The second-order valence-corrected chi connectivity index (χ2v) is 5.48. The molecule has 3 aromatic rings. The number of fused-ring (bicyclic) bond motifs is 1. The van der Waals surface area contributed by atoms with E-state index in [9.17, 15) is 9.59 Å². The molecule has 0 bridgehead atoms. The van der Waals surface area contributed by atoms with Gasteiger partial charge in [-0.25, -0.2) is 4.79 Å². The van der Waals surface area contributed by atoms with Gasteiger partial charge in [-0.1, -0.05) is 35.9 Å². The molecule has 0 saturated carbocycles. The molecule has 0 amide bonds. The van der Waals surface area contributed by atoms with E-state index in [-0.39, 0.29) is 17.8 Å². The molecule has 0 fully saturated rings. The van der Waals surface area contributed by atoms with Crippen LogP contribution < -0.4 is 5.43 Å². The summed E-state index contributed by atoms with van der Waals surface area (Å²) >= 11 is 0. The predicted octanol–water partition coefficient (Wildman–Crippen LogP) is 3.77. The first-order valence-electron chi connectivity index (χ1n) is 7.31. The molecule has 116 valence electrons. The van der Waals surface area contributed by atoms with Crippen LogP contribution in [0.3, 0.4) is 0 Å². The summed E-state index contributed by atoms with van der Waals surface area (Å²) in [6, 6.07) is 14.1. The number of hydrogen-bond donors (Lipinski definition) is 0. The molecule has 0 N–H and O–H groups in total. The molecule has 0 aliphatic carbocycles. The van der Waals surface area contributed by atoms with E-state index in [4.69, 9.17) is 9.15 Å². The van der Waals surface area contributed by atoms with Crippen LogP contribution in [0.1, 0.15) is 27.2 Å². The Labute approximate surface area is 133 Å². The summed E-state index contributed by atoms with van der Waals surface area (Å²) in [6.45, 7) is 3.98. The van der Waals surface area contributed by atoms with E-state index in [0.717, 1.165) is 16.7 Å². The molecule has 23 heavy (non-hydrogen) atoms. The van der Waals surface area contributed by atoms with Crippen molar-refractivity contribution in [1.29, 1.82) is 0 Å². The lowest BCUT2D eigenvalue weighted by atomic mass is 10.1. The summed E-state index contributed by atoms with van der Waals surface area (Å²) in [7, 11) is 0. The molecule has 0 saturated heterocycles. The SMILES string of the molecule is Cc1ccc2oc(C(=O)OCc3ccccc3C)cc(=O)c2c1. The first kappa shape index (κ1) is 15.0. The topological polar surface area (TPSA) is 56.5 Å². The Morgan fingerprint density at radius 1 is 1.09 bits per heavy atom. The zero-order valence-corrected chi connectivity index (χ0v) is 13.0. The van der Waals surface area contributed by atoms with E-state index in [1.807, 2.05) is 44.2 Å². The van der Waals surface area contributed by atoms with Gasteiger partial charge < -0.3 is 9.15 Å². The zero-order valence-electron chi connectivity index (χ0n) is 13.0. The minimum Gasteiger partial charge on any atom is -0.455 e. The standard InChI is InChI=1S/C19H16O4/c1-12-7-8-17-15(9-12)16(20)10-18(23-17)19(21)22-11-14-6-4-3-5-13(14)2/h3-10H,11H2,1-2H3. The summed E-state index contributed by atoms with van der Waals surface area (Å²) in [5.74, 6) is -0.729. The van der Waals surface area contributed by atoms with Gasteiger partial charge in [0.1, 0.15) is 12.2 Å². The summed E-state index contributed by atoms with van der Waals surface area (Å²) in [5, 5.41) is 0.459. The van der Waals surface area contributed by atoms with Crippen molar-refractivity contribution in [3.8, 4) is 0 Å². The third-order valence-corrected chi connectivity index (χ3v) is 3.70. The second kappa shape index (κ2) is 6.08. The second-order valence-electron chi connectivity index (χ2n) is 5.48. The van der Waals surface area contributed by atoms with Crippen molar-refractivity contribution in [2.75, 3.05) is 0 Å². The van der Waals surface area contributed by atoms with Gasteiger partial charge in [-0.3, -0.25) is 4.79 Å². The van der Waals surface area contributed by atoms with Crippen LogP contribution >= 0.6 is 0 Å². The molecule has 0 unspecified atom stereocenters. The molecule has 2 aromatic carbocycles. The van der Waals surface area contributed by atoms with E-state index in [0.29, 0.717) is 11.0 Å². The van der Waals surface area contributed by atoms with Gasteiger partial charge in [-0.05, 0) is 37.1 Å². The third kappa shape index (κ3) is 3.16. The lowest BCUT2D eigenvalue weighted by Crippen LogP contribution is -2.10. The zero-order chi connectivity index (χ0) is 16.4. The fourth-order valence-electron chi connectivity index (χ4n) is 2.36. The van der Waals surface area contributed by atoms with E-state index in [1.165, 1.54) is 6.07 Å². The van der Waals surface area contributed by atoms with E-state index < -0.39 is 5.97 Å². The summed E-state index contributed by atoms with van der Waals surface area (Å²) < 4.78 is 10.8. The van der Waals surface area contributed by atoms with Gasteiger partial charge in [-0.2, -0.15) is 0 Å². The molecule has 0 aliphatic heterocycles. The van der Waals surface area contributed by atoms with E-state index in [2.05, 4.69) is 0 Å². The van der Waals surface area contributed by atoms with Crippen molar-refractivity contribution in [2.45, 2.75) is 20.5 Å². The first-order chi connectivity index (χ1) is 11.0. The Bertz CT molecular complexity index is 937. The Morgan fingerprint density at radius 3 is 2.65 bits per heavy atom. The molecule has 1 aromatic heterocycles. The first-order valence-corrected chi connectivity index (χ1v) is 7.31. The van der Waals surface area contributed by atoms with Gasteiger partial charge in [0.15, 0.2) is 5.43 Å². The highest BCUT2D eigenvalue weighted by molar-refractivity contribution is 5.89. The van der Waals surface area contributed by atoms with Crippen LogP contribution in [-0.2, 0) is 11.3 Å². The van der Waals surface area contributed by atoms with Crippen LogP contribution in [0.25, 0.3) is 11.0 Å².